The molecule has 0 saturated carbocycles. The summed E-state index contributed by atoms with van der Waals surface area (Å²) in [6.45, 7) is 3.89. The maximum Gasteiger partial charge on any atom is 0.519 e. The predicted molar refractivity (Wildman–Crippen MR) is 172 cm³/mol. The van der Waals surface area contributed by atoms with Crippen LogP contribution in [-0.2, 0) is 29.1 Å². The highest BCUT2D eigenvalue weighted by atomic mass is 17.0. The molecule has 3 heterocycles. The van der Waals surface area contributed by atoms with Crippen molar-refractivity contribution in [3.05, 3.63) is 110 Å². The Morgan fingerprint density at radius 2 is 1.84 bits per heavy atom. The molecule has 1 atom stereocenters. The standard InChI is InChI=1S/C33H31N7O9/c1-3-45-32-34-26-16-15-23(31(41)46-19-29-28(47-33(42)48-29)10-6-7-20(2)49-40(43)44)17-27(26)39(32)18-21-11-13-22(14-12-21)24-8-4-5-9-25(24)30-35-37-38-36-30/h4-5,8-9,11-17,20H,3,6-7,10,18-19H2,1-2H3,(H,35,36,37,38). The summed E-state index contributed by atoms with van der Waals surface area (Å²) in [5.41, 5.74) is 5.29. The largest absolute Gasteiger partial charge is 0.519 e. The number of ether oxygens (including phenoxy) is 2. The molecule has 1 N–H and O–H groups in total. The zero-order valence-corrected chi connectivity index (χ0v) is 26.5. The van der Waals surface area contributed by atoms with Crippen LogP contribution in [0, 0.1) is 10.1 Å². The highest BCUT2D eigenvalue weighted by Crippen LogP contribution is 2.31. The predicted octanol–water partition coefficient (Wildman–Crippen LogP) is 5.15. The summed E-state index contributed by atoms with van der Waals surface area (Å²) in [6.07, 6.45) is 0.359. The molecule has 3 aromatic heterocycles. The van der Waals surface area contributed by atoms with Crippen molar-refractivity contribution < 1.29 is 33.0 Å². The minimum atomic E-state index is -0.936. The number of imidazole rings is 1. The number of H-pyrrole nitrogens is 1. The second-order valence-electron chi connectivity index (χ2n) is 11.0. The van der Waals surface area contributed by atoms with Gasteiger partial charge in [-0.1, -0.05) is 48.5 Å². The number of nitrogens with zero attached hydrogens (tertiary/aromatic N) is 6. The molecule has 0 amide bonds. The number of aryl methyl sites for hydroxylation is 1. The van der Waals surface area contributed by atoms with Crippen LogP contribution in [0.15, 0.2) is 80.4 Å². The third-order valence-electron chi connectivity index (χ3n) is 7.68. The van der Waals surface area contributed by atoms with Gasteiger partial charge in [0, 0.05) is 12.0 Å². The van der Waals surface area contributed by atoms with Gasteiger partial charge in [-0.15, -0.1) is 20.3 Å². The van der Waals surface area contributed by atoms with Crippen LogP contribution in [0.1, 0.15) is 54.1 Å². The lowest BCUT2D eigenvalue weighted by Crippen LogP contribution is -2.13. The Hall–Kier alpha value is -6.32. The number of tetrazole rings is 1. The summed E-state index contributed by atoms with van der Waals surface area (Å²) < 4.78 is 23.4. The van der Waals surface area contributed by atoms with Crippen LogP contribution in [0.3, 0.4) is 0 Å². The molecule has 0 fully saturated rings. The zero-order valence-electron chi connectivity index (χ0n) is 26.5. The van der Waals surface area contributed by atoms with Crippen LogP contribution < -0.4 is 10.6 Å². The Balaban J connectivity index is 1.17. The van der Waals surface area contributed by atoms with Crippen molar-refractivity contribution in [2.45, 2.75) is 52.4 Å². The van der Waals surface area contributed by atoms with Crippen molar-refractivity contribution >= 4 is 17.0 Å². The SMILES string of the molecule is CCOc1nc2ccc(C(=O)OCc3oc(=O)oc3CCCC(C)O[N+](=O)[O-])cc2n1Cc1ccc(-c2ccccc2-c2nn[nH]n2)cc1. The number of esters is 1. The van der Waals surface area contributed by atoms with Gasteiger partial charge in [0.2, 0.25) is 5.82 Å². The molecule has 0 spiro atoms. The van der Waals surface area contributed by atoms with Gasteiger partial charge in [0.15, 0.2) is 18.1 Å². The van der Waals surface area contributed by atoms with E-state index < -0.39 is 23.0 Å². The van der Waals surface area contributed by atoms with Crippen molar-refractivity contribution in [1.82, 2.24) is 30.2 Å². The minimum Gasteiger partial charge on any atom is -0.465 e. The molecule has 16 heteroatoms. The van der Waals surface area contributed by atoms with E-state index in [1.165, 1.54) is 0 Å². The molecule has 0 aliphatic carbocycles. The fraction of sp³-hybridized carbons (Fsp3) is 0.273. The van der Waals surface area contributed by atoms with Gasteiger partial charge in [0.1, 0.15) is 6.10 Å². The van der Waals surface area contributed by atoms with Crippen LogP contribution in [-0.4, -0.2) is 53.9 Å². The van der Waals surface area contributed by atoms with E-state index in [1.807, 2.05) is 60.0 Å². The first kappa shape index (κ1) is 32.6. The van der Waals surface area contributed by atoms with Crippen LogP contribution in [0.4, 0.5) is 0 Å². The van der Waals surface area contributed by atoms with E-state index >= 15 is 0 Å². The fourth-order valence-electron chi connectivity index (χ4n) is 5.40. The molecule has 0 aliphatic heterocycles. The number of rotatable bonds is 15. The molecular weight excluding hydrogens is 638 g/mol. The Labute approximate surface area is 277 Å². The van der Waals surface area contributed by atoms with E-state index in [-0.39, 0.29) is 30.1 Å². The fourth-order valence-corrected chi connectivity index (χ4v) is 5.40. The number of carbonyl (C=O) groups excluding carboxylic acids is 1. The van der Waals surface area contributed by atoms with Gasteiger partial charge in [-0.2, -0.15) is 10.2 Å². The van der Waals surface area contributed by atoms with E-state index in [9.17, 15) is 19.7 Å². The number of benzene rings is 3. The molecule has 0 radical (unpaired) electrons. The number of fused-ring (bicyclic) bond motifs is 1. The Morgan fingerprint density at radius 3 is 2.57 bits per heavy atom. The number of aromatic nitrogens is 6. The van der Waals surface area contributed by atoms with Gasteiger partial charge in [0.25, 0.3) is 11.1 Å². The molecule has 0 aliphatic rings. The lowest BCUT2D eigenvalue weighted by Gasteiger charge is -2.11. The summed E-state index contributed by atoms with van der Waals surface area (Å²) >= 11 is 0. The first-order valence-corrected chi connectivity index (χ1v) is 15.4. The quantitative estimate of drug-likeness (QED) is 0.0854. The molecule has 6 rings (SSSR count). The Morgan fingerprint density at radius 1 is 1.06 bits per heavy atom. The summed E-state index contributed by atoms with van der Waals surface area (Å²) in [5.74, 6) is -0.823. The van der Waals surface area contributed by atoms with Crippen LogP contribution >= 0.6 is 0 Å². The summed E-state index contributed by atoms with van der Waals surface area (Å²) in [7, 11) is 0. The minimum absolute atomic E-state index is 0.0642. The van der Waals surface area contributed by atoms with Gasteiger partial charge in [-0.05, 0) is 66.8 Å². The number of aromatic amines is 1. The monoisotopic (exact) mass is 669 g/mol. The van der Waals surface area contributed by atoms with Gasteiger partial charge in [-0.25, -0.2) is 9.59 Å². The molecule has 1 unspecified atom stereocenters. The number of carbonyl (C=O) groups is 1. The molecule has 0 bridgehead atoms. The van der Waals surface area contributed by atoms with Crippen LogP contribution in [0.2, 0.25) is 0 Å². The maximum absolute atomic E-state index is 13.1. The maximum atomic E-state index is 13.1. The molecule has 49 heavy (non-hydrogen) atoms. The van der Waals surface area contributed by atoms with Crippen LogP contribution in [0.25, 0.3) is 33.5 Å². The number of hydrogen-bond donors (Lipinski definition) is 1. The van der Waals surface area contributed by atoms with Gasteiger partial charge in [0.05, 0.1) is 29.7 Å². The van der Waals surface area contributed by atoms with Crippen molar-refractivity contribution in [2.75, 3.05) is 6.61 Å². The van der Waals surface area contributed by atoms with E-state index in [0.717, 1.165) is 22.3 Å². The third kappa shape index (κ3) is 7.64. The molecule has 6 aromatic rings. The summed E-state index contributed by atoms with van der Waals surface area (Å²) in [5, 5.41) is 24.1. The first-order valence-electron chi connectivity index (χ1n) is 15.4. The third-order valence-corrected chi connectivity index (χ3v) is 7.68. The Bertz CT molecular complexity index is 2120. The summed E-state index contributed by atoms with van der Waals surface area (Å²) in [6, 6.07) is 21.2. The first-order chi connectivity index (χ1) is 23.8. The van der Waals surface area contributed by atoms with Gasteiger partial charge < -0.3 is 23.1 Å². The Kier molecular flexibility index (Phi) is 9.73. The van der Waals surface area contributed by atoms with Crippen molar-refractivity contribution in [2.24, 2.45) is 0 Å². The van der Waals surface area contributed by atoms with E-state index in [1.54, 1.807) is 25.1 Å². The van der Waals surface area contributed by atoms with Gasteiger partial charge in [-0.3, -0.25) is 4.57 Å². The second kappa shape index (κ2) is 14.6. The van der Waals surface area contributed by atoms with Crippen molar-refractivity contribution in [3.8, 4) is 28.5 Å². The topological polar surface area (TPSA) is 204 Å². The number of nitrogens with one attached hydrogen (secondary N) is 1. The molecule has 252 valence electrons. The molecular formula is C33H31N7O9. The van der Waals surface area contributed by atoms with E-state index in [4.69, 9.17) is 18.3 Å². The average molecular weight is 670 g/mol. The highest BCUT2D eigenvalue weighted by Gasteiger charge is 2.20. The molecule has 0 saturated heterocycles. The van der Waals surface area contributed by atoms with Gasteiger partial charge >= 0.3 is 11.8 Å². The van der Waals surface area contributed by atoms with Crippen molar-refractivity contribution in [1.29, 1.82) is 0 Å². The second-order valence-corrected chi connectivity index (χ2v) is 11.0. The van der Waals surface area contributed by atoms with Crippen molar-refractivity contribution in [3.63, 3.8) is 0 Å². The highest BCUT2D eigenvalue weighted by molar-refractivity contribution is 5.94. The van der Waals surface area contributed by atoms with E-state index in [2.05, 4.69) is 30.4 Å². The lowest BCUT2D eigenvalue weighted by atomic mass is 9.98. The lowest BCUT2D eigenvalue weighted by molar-refractivity contribution is -0.767. The molecule has 16 nitrogen and oxygen atoms in total. The zero-order chi connectivity index (χ0) is 34.3. The summed E-state index contributed by atoms with van der Waals surface area (Å²) in [4.78, 5) is 44.6. The van der Waals surface area contributed by atoms with E-state index in [0.29, 0.717) is 48.9 Å². The average Bonchev–Trinajstić information content (AvgIpc) is 3.83. The normalized spacial score (nSPS) is 11.8. The number of hydrogen-bond acceptors (Lipinski definition) is 13. The smallest absolute Gasteiger partial charge is 0.465 e. The van der Waals surface area contributed by atoms with Crippen LogP contribution in [0.5, 0.6) is 6.01 Å². The molecule has 3 aromatic carbocycles.